The van der Waals surface area contributed by atoms with Crippen LogP contribution in [0.15, 0.2) is 47.1 Å². The van der Waals surface area contributed by atoms with Crippen LogP contribution < -0.4 is 10.1 Å². The lowest BCUT2D eigenvalue weighted by Gasteiger charge is -2.27. The van der Waals surface area contributed by atoms with Crippen LogP contribution >= 0.6 is 0 Å². The Hall–Kier alpha value is -1.74. The number of nitrogens with one attached hydrogen (secondary N) is 1. The lowest BCUT2D eigenvalue weighted by atomic mass is 9.93. The van der Waals surface area contributed by atoms with E-state index in [0.717, 1.165) is 31.1 Å². The zero-order valence-corrected chi connectivity index (χ0v) is 11.1. The van der Waals surface area contributed by atoms with E-state index in [9.17, 15) is 0 Å². The van der Waals surface area contributed by atoms with Gasteiger partial charge in [-0.25, -0.2) is 0 Å². The fraction of sp³-hybridized carbons (Fsp3) is 0.375. The molecule has 1 aliphatic rings. The van der Waals surface area contributed by atoms with E-state index in [2.05, 4.69) is 30.4 Å². The minimum atomic E-state index is 0.241. The van der Waals surface area contributed by atoms with E-state index in [4.69, 9.17) is 9.15 Å². The molecule has 3 rings (SSSR count). The smallest absolute Gasteiger partial charge is 0.122 e. The van der Waals surface area contributed by atoms with Crippen LogP contribution in [0.3, 0.4) is 0 Å². The summed E-state index contributed by atoms with van der Waals surface area (Å²) in [6, 6.07) is 12.5. The molecule has 2 heterocycles. The number of hydrogen-bond donors (Lipinski definition) is 1. The van der Waals surface area contributed by atoms with Crippen molar-refractivity contribution in [2.45, 2.75) is 25.3 Å². The zero-order valence-electron chi connectivity index (χ0n) is 11.1. The van der Waals surface area contributed by atoms with Gasteiger partial charge in [0.2, 0.25) is 0 Å². The van der Waals surface area contributed by atoms with E-state index < -0.39 is 0 Å². The molecule has 0 aliphatic carbocycles. The third-order valence-corrected chi connectivity index (χ3v) is 3.72. The van der Waals surface area contributed by atoms with Gasteiger partial charge in [-0.05, 0) is 37.1 Å². The molecular formula is C16H19NO2. The third-order valence-electron chi connectivity index (χ3n) is 3.72. The van der Waals surface area contributed by atoms with Crippen LogP contribution in [0.5, 0.6) is 5.75 Å². The average Bonchev–Trinajstić information content (AvgIpc) is 2.99. The summed E-state index contributed by atoms with van der Waals surface area (Å²) in [6.45, 7) is 3.88. The molecule has 3 nitrogen and oxygen atoms in total. The van der Waals surface area contributed by atoms with Crippen molar-refractivity contribution in [3.05, 3.63) is 54.0 Å². The molecule has 19 heavy (non-hydrogen) atoms. The lowest BCUT2D eigenvalue weighted by molar-refractivity contribution is 0.261. The molecule has 1 N–H and O–H groups in total. The van der Waals surface area contributed by atoms with Gasteiger partial charge in [0.1, 0.15) is 11.5 Å². The highest BCUT2D eigenvalue weighted by Crippen LogP contribution is 2.33. The maximum atomic E-state index is 5.69. The summed E-state index contributed by atoms with van der Waals surface area (Å²) in [5, 5.41) is 3.55. The van der Waals surface area contributed by atoms with Gasteiger partial charge in [0.25, 0.3) is 0 Å². The Balaban J connectivity index is 1.65. The Bertz CT molecular complexity index is 521. The van der Waals surface area contributed by atoms with Gasteiger partial charge in [-0.1, -0.05) is 18.2 Å². The Morgan fingerprint density at radius 2 is 2.16 bits per heavy atom. The topological polar surface area (TPSA) is 34.4 Å². The molecule has 1 aliphatic heterocycles. The van der Waals surface area contributed by atoms with E-state index in [1.807, 2.05) is 18.2 Å². The molecule has 2 unspecified atom stereocenters. The molecule has 0 bridgehead atoms. The van der Waals surface area contributed by atoms with E-state index in [1.165, 1.54) is 5.56 Å². The van der Waals surface area contributed by atoms with Crippen molar-refractivity contribution < 1.29 is 9.15 Å². The normalized spacial score (nSPS) is 19.5. The molecule has 0 spiro atoms. The van der Waals surface area contributed by atoms with Crippen molar-refractivity contribution >= 4 is 0 Å². The number of benzene rings is 1. The molecule has 2 atom stereocenters. The fourth-order valence-corrected chi connectivity index (χ4v) is 2.59. The molecule has 3 heteroatoms. The summed E-state index contributed by atoms with van der Waals surface area (Å²) in [5.74, 6) is 2.54. The van der Waals surface area contributed by atoms with Gasteiger partial charge in [0, 0.05) is 12.5 Å². The van der Waals surface area contributed by atoms with Gasteiger partial charge in [-0.15, -0.1) is 0 Å². The number of ether oxygens (including phenoxy) is 1. The second-order valence-electron chi connectivity index (χ2n) is 5.02. The number of furan rings is 1. The summed E-state index contributed by atoms with van der Waals surface area (Å²) in [6.07, 6.45) is 2.78. The maximum absolute atomic E-state index is 5.69. The van der Waals surface area contributed by atoms with Crippen LogP contribution in [-0.2, 0) is 0 Å². The molecule has 0 fully saturated rings. The standard InChI is InChI=1S/C16H19NO2/c1-12(15-7-4-9-18-15)17-11-13-8-10-19-16-6-3-2-5-14(13)16/h2-7,9,12-13,17H,8,10-11H2,1H3. The Morgan fingerprint density at radius 3 is 3.00 bits per heavy atom. The van der Waals surface area contributed by atoms with Gasteiger partial charge >= 0.3 is 0 Å². The Morgan fingerprint density at radius 1 is 1.26 bits per heavy atom. The molecule has 0 radical (unpaired) electrons. The van der Waals surface area contributed by atoms with Gasteiger partial charge in [0.05, 0.1) is 18.9 Å². The largest absolute Gasteiger partial charge is 0.493 e. The van der Waals surface area contributed by atoms with Crippen LogP contribution in [0.1, 0.15) is 36.6 Å². The van der Waals surface area contributed by atoms with E-state index in [-0.39, 0.29) is 6.04 Å². The quantitative estimate of drug-likeness (QED) is 0.910. The fourth-order valence-electron chi connectivity index (χ4n) is 2.59. The van der Waals surface area contributed by atoms with Crippen LogP contribution in [0.25, 0.3) is 0 Å². The van der Waals surface area contributed by atoms with Crippen molar-refractivity contribution in [1.29, 1.82) is 0 Å². The minimum Gasteiger partial charge on any atom is -0.493 e. The number of rotatable bonds is 4. The highest BCUT2D eigenvalue weighted by Gasteiger charge is 2.21. The highest BCUT2D eigenvalue weighted by molar-refractivity contribution is 5.37. The average molecular weight is 257 g/mol. The van der Waals surface area contributed by atoms with Crippen molar-refractivity contribution in [3.8, 4) is 5.75 Å². The molecule has 0 saturated heterocycles. The SMILES string of the molecule is CC(NCC1CCOc2ccccc21)c1ccco1. The Kier molecular flexibility index (Phi) is 3.56. The first kappa shape index (κ1) is 12.3. The zero-order chi connectivity index (χ0) is 13.1. The maximum Gasteiger partial charge on any atom is 0.122 e. The van der Waals surface area contributed by atoms with E-state index in [1.54, 1.807) is 6.26 Å². The predicted molar refractivity (Wildman–Crippen MR) is 74.4 cm³/mol. The van der Waals surface area contributed by atoms with Crippen LogP contribution in [-0.4, -0.2) is 13.2 Å². The molecule has 0 amide bonds. The molecule has 1 aromatic carbocycles. The van der Waals surface area contributed by atoms with Crippen LogP contribution in [0.2, 0.25) is 0 Å². The van der Waals surface area contributed by atoms with Gasteiger partial charge < -0.3 is 14.5 Å². The second-order valence-corrected chi connectivity index (χ2v) is 5.02. The van der Waals surface area contributed by atoms with Crippen molar-refractivity contribution in [2.75, 3.05) is 13.2 Å². The first-order valence-corrected chi connectivity index (χ1v) is 6.83. The summed E-state index contributed by atoms with van der Waals surface area (Å²) in [5.41, 5.74) is 1.31. The summed E-state index contributed by atoms with van der Waals surface area (Å²) in [4.78, 5) is 0. The minimum absolute atomic E-state index is 0.241. The monoisotopic (exact) mass is 257 g/mol. The van der Waals surface area contributed by atoms with Gasteiger partial charge in [-0.3, -0.25) is 0 Å². The lowest BCUT2D eigenvalue weighted by Crippen LogP contribution is -2.27. The first-order valence-electron chi connectivity index (χ1n) is 6.83. The molecule has 1 aromatic heterocycles. The molecule has 100 valence electrons. The van der Waals surface area contributed by atoms with E-state index >= 15 is 0 Å². The molecule has 2 aromatic rings. The van der Waals surface area contributed by atoms with Crippen LogP contribution in [0, 0.1) is 0 Å². The second kappa shape index (κ2) is 5.49. The van der Waals surface area contributed by atoms with Crippen LogP contribution in [0.4, 0.5) is 0 Å². The van der Waals surface area contributed by atoms with Gasteiger partial charge in [-0.2, -0.15) is 0 Å². The summed E-state index contributed by atoms with van der Waals surface area (Å²) < 4.78 is 11.1. The first-order chi connectivity index (χ1) is 9.34. The Labute approximate surface area is 113 Å². The van der Waals surface area contributed by atoms with Crippen molar-refractivity contribution in [3.63, 3.8) is 0 Å². The van der Waals surface area contributed by atoms with Crippen molar-refractivity contribution in [1.82, 2.24) is 5.32 Å². The summed E-state index contributed by atoms with van der Waals surface area (Å²) in [7, 11) is 0. The number of para-hydroxylation sites is 1. The predicted octanol–water partition coefficient (Wildman–Crippen LogP) is 3.50. The highest BCUT2D eigenvalue weighted by atomic mass is 16.5. The molecular weight excluding hydrogens is 238 g/mol. The van der Waals surface area contributed by atoms with Crippen molar-refractivity contribution in [2.24, 2.45) is 0 Å². The number of fused-ring (bicyclic) bond motifs is 1. The van der Waals surface area contributed by atoms with E-state index in [0.29, 0.717) is 5.92 Å². The number of hydrogen-bond acceptors (Lipinski definition) is 3. The van der Waals surface area contributed by atoms with Gasteiger partial charge in [0.15, 0.2) is 0 Å². The summed E-state index contributed by atoms with van der Waals surface area (Å²) >= 11 is 0. The molecule has 0 saturated carbocycles. The third kappa shape index (κ3) is 2.66.